The van der Waals surface area contributed by atoms with Crippen molar-refractivity contribution in [2.75, 3.05) is 20.8 Å². The number of hydrogen-bond donors (Lipinski definition) is 0. The number of aryl methyl sites for hydroxylation is 1. The van der Waals surface area contributed by atoms with Crippen molar-refractivity contribution in [1.29, 1.82) is 0 Å². The van der Waals surface area contributed by atoms with Gasteiger partial charge in [0.2, 0.25) is 0 Å². The lowest BCUT2D eigenvalue weighted by molar-refractivity contribution is 0.0728. The molecule has 3 rings (SSSR count). The smallest absolute Gasteiger partial charge is 0.272 e. The van der Waals surface area contributed by atoms with E-state index < -0.39 is 0 Å². The highest BCUT2D eigenvalue weighted by Crippen LogP contribution is 2.33. The zero-order valence-electron chi connectivity index (χ0n) is 13.6. The lowest BCUT2D eigenvalue weighted by Gasteiger charge is -2.29. The van der Waals surface area contributed by atoms with Crippen molar-refractivity contribution in [3.05, 3.63) is 52.8 Å². The molecule has 2 aromatic rings. The Morgan fingerprint density at radius 2 is 1.83 bits per heavy atom. The number of hydrogen-bond acceptors (Lipinski definition) is 4. The second-order valence-corrected chi connectivity index (χ2v) is 5.62. The lowest BCUT2D eigenvalue weighted by Crippen LogP contribution is -2.36. The summed E-state index contributed by atoms with van der Waals surface area (Å²) in [5.41, 5.74) is 3.63. The number of carbonyl (C=O) groups excluding carboxylic acids is 1. The van der Waals surface area contributed by atoms with E-state index in [1.807, 2.05) is 36.1 Å². The van der Waals surface area contributed by atoms with Crippen LogP contribution in [0.5, 0.6) is 11.5 Å². The second kappa shape index (κ2) is 6.28. The highest BCUT2D eigenvalue weighted by molar-refractivity contribution is 5.92. The van der Waals surface area contributed by atoms with Gasteiger partial charge in [0.15, 0.2) is 11.5 Å². The third-order valence-electron chi connectivity index (χ3n) is 4.11. The van der Waals surface area contributed by atoms with E-state index in [9.17, 15) is 4.79 Å². The van der Waals surface area contributed by atoms with Crippen LogP contribution >= 0.6 is 0 Å². The summed E-state index contributed by atoms with van der Waals surface area (Å²) >= 11 is 0. The molecule has 23 heavy (non-hydrogen) atoms. The molecule has 0 unspecified atom stereocenters. The summed E-state index contributed by atoms with van der Waals surface area (Å²) in [5.74, 6) is 1.38. The molecule has 1 aromatic carbocycles. The first-order chi connectivity index (χ1) is 11.1. The normalized spacial score (nSPS) is 13.4. The Bertz CT molecular complexity index is 743. The van der Waals surface area contributed by atoms with Gasteiger partial charge in [-0.05, 0) is 48.7 Å². The number of methoxy groups -OCH3 is 2. The van der Waals surface area contributed by atoms with Crippen molar-refractivity contribution < 1.29 is 14.3 Å². The number of ether oxygens (including phenoxy) is 2. The first-order valence-electron chi connectivity index (χ1n) is 7.59. The van der Waals surface area contributed by atoms with Gasteiger partial charge in [-0.25, -0.2) is 4.98 Å². The fourth-order valence-electron chi connectivity index (χ4n) is 2.88. The summed E-state index contributed by atoms with van der Waals surface area (Å²) in [5, 5.41) is 0. The lowest BCUT2D eigenvalue weighted by atomic mass is 9.98. The second-order valence-electron chi connectivity index (χ2n) is 5.62. The minimum atomic E-state index is -0.0332. The van der Waals surface area contributed by atoms with Gasteiger partial charge in [0, 0.05) is 18.8 Å². The fourth-order valence-corrected chi connectivity index (χ4v) is 2.88. The minimum Gasteiger partial charge on any atom is -0.493 e. The summed E-state index contributed by atoms with van der Waals surface area (Å²) in [4.78, 5) is 18.8. The van der Waals surface area contributed by atoms with Crippen LogP contribution in [0.1, 0.15) is 27.3 Å². The largest absolute Gasteiger partial charge is 0.493 e. The molecule has 0 saturated heterocycles. The first-order valence-corrected chi connectivity index (χ1v) is 7.59. The molecule has 120 valence electrons. The van der Waals surface area contributed by atoms with E-state index in [4.69, 9.17) is 9.47 Å². The third-order valence-corrected chi connectivity index (χ3v) is 4.11. The number of amides is 1. The molecule has 0 radical (unpaired) electrons. The Labute approximate surface area is 135 Å². The molecular weight excluding hydrogens is 292 g/mol. The molecule has 0 atom stereocenters. The Balaban J connectivity index is 1.86. The highest BCUT2D eigenvalue weighted by Gasteiger charge is 2.24. The molecule has 1 aliphatic heterocycles. The molecule has 0 bridgehead atoms. The van der Waals surface area contributed by atoms with Crippen LogP contribution in [-0.4, -0.2) is 36.6 Å². The molecule has 0 spiro atoms. The van der Waals surface area contributed by atoms with Gasteiger partial charge in [0.25, 0.3) is 5.91 Å². The van der Waals surface area contributed by atoms with Gasteiger partial charge in [0.05, 0.1) is 14.2 Å². The van der Waals surface area contributed by atoms with Gasteiger partial charge >= 0.3 is 0 Å². The van der Waals surface area contributed by atoms with Crippen molar-refractivity contribution in [1.82, 2.24) is 9.88 Å². The van der Waals surface area contributed by atoms with E-state index >= 15 is 0 Å². The number of pyridine rings is 1. The number of aromatic nitrogens is 1. The Morgan fingerprint density at radius 3 is 2.48 bits per heavy atom. The number of nitrogens with zero attached hydrogens (tertiary/aromatic N) is 2. The Hall–Kier alpha value is -2.56. The standard InChI is InChI=1S/C18H20N2O3/c1-12-5-4-6-15(19-12)18(21)20-8-7-13-9-16(22-2)17(23-3)10-14(13)11-20/h4-6,9-10H,7-8,11H2,1-3H3. The first kappa shape index (κ1) is 15.3. The molecule has 5 heteroatoms. The number of fused-ring (bicyclic) bond motifs is 1. The van der Waals surface area contributed by atoms with E-state index in [1.165, 1.54) is 5.56 Å². The van der Waals surface area contributed by atoms with Crippen LogP contribution in [0, 0.1) is 6.92 Å². The Morgan fingerprint density at radius 1 is 1.13 bits per heavy atom. The maximum atomic E-state index is 12.6. The molecule has 5 nitrogen and oxygen atoms in total. The number of rotatable bonds is 3. The summed E-state index contributed by atoms with van der Waals surface area (Å²) < 4.78 is 10.7. The monoisotopic (exact) mass is 312 g/mol. The molecule has 1 amide bonds. The van der Waals surface area contributed by atoms with Crippen molar-refractivity contribution in [2.45, 2.75) is 19.9 Å². The number of carbonyl (C=O) groups is 1. The molecule has 1 aliphatic rings. The van der Waals surface area contributed by atoms with Gasteiger partial charge in [-0.15, -0.1) is 0 Å². The maximum absolute atomic E-state index is 12.6. The average molecular weight is 312 g/mol. The van der Waals surface area contributed by atoms with E-state index in [0.717, 1.165) is 23.4 Å². The van der Waals surface area contributed by atoms with Crippen molar-refractivity contribution in [3.8, 4) is 11.5 Å². The maximum Gasteiger partial charge on any atom is 0.272 e. The van der Waals surface area contributed by atoms with Crippen LogP contribution < -0.4 is 9.47 Å². The van der Waals surface area contributed by atoms with Gasteiger partial charge < -0.3 is 14.4 Å². The van der Waals surface area contributed by atoms with Crippen molar-refractivity contribution in [3.63, 3.8) is 0 Å². The van der Waals surface area contributed by atoms with Gasteiger partial charge in [0.1, 0.15) is 5.69 Å². The van der Waals surface area contributed by atoms with E-state index in [1.54, 1.807) is 20.3 Å². The van der Waals surface area contributed by atoms with Crippen LogP contribution in [0.4, 0.5) is 0 Å². The van der Waals surface area contributed by atoms with Crippen LogP contribution in [0.15, 0.2) is 30.3 Å². The average Bonchev–Trinajstić information content (AvgIpc) is 2.59. The topological polar surface area (TPSA) is 51.7 Å². The molecule has 0 N–H and O–H groups in total. The van der Waals surface area contributed by atoms with Gasteiger partial charge in [-0.2, -0.15) is 0 Å². The summed E-state index contributed by atoms with van der Waals surface area (Å²) in [6.45, 7) is 3.13. The van der Waals surface area contributed by atoms with Crippen LogP contribution in [-0.2, 0) is 13.0 Å². The zero-order valence-corrected chi connectivity index (χ0v) is 13.6. The molecule has 2 heterocycles. The molecule has 0 aliphatic carbocycles. The van der Waals surface area contributed by atoms with E-state index in [-0.39, 0.29) is 5.91 Å². The summed E-state index contributed by atoms with van der Waals surface area (Å²) in [6.07, 6.45) is 0.799. The summed E-state index contributed by atoms with van der Waals surface area (Å²) in [7, 11) is 3.25. The predicted molar refractivity (Wildman–Crippen MR) is 87.0 cm³/mol. The van der Waals surface area contributed by atoms with E-state index in [0.29, 0.717) is 24.5 Å². The third kappa shape index (κ3) is 2.99. The van der Waals surface area contributed by atoms with Crippen LogP contribution in [0.25, 0.3) is 0 Å². The highest BCUT2D eigenvalue weighted by atomic mass is 16.5. The molecular formula is C18H20N2O3. The quantitative estimate of drug-likeness (QED) is 0.874. The molecule has 1 aromatic heterocycles. The number of benzene rings is 1. The Kier molecular flexibility index (Phi) is 4.19. The van der Waals surface area contributed by atoms with Gasteiger partial charge in [-0.1, -0.05) is 6.07 Å². The predicted octanol–water partition coefficient (Wildman–Crippen LogP) is 2.61. The molecule has 0 fully saturated rings. The molecule has 0 saturated carbocycles. The SMILES string of the molecule is COc1cc2c(cc1OC)CN(C(=O)c1cccc(C)n1)CC2. The van der Waals surface area contributed by atoms with Gasteiger partial charge in [-0.3, -0.25) is 4.79 Å². The fraction of sp³-hybridized carbons (Fsp3) is 0.333. The van der Waals surface area contributed by atoms with Crippen molar-refractivity contribution in [2.24, 2.45) is 0 Å². The minimum absolute atomic E-state index is 0.0332. The van der Waals surface area contributed by atoms with Crippen molar-refractivity contribution >= 4 is 5.91 Å². The van der Waals surface area contributed by atoms with E-state index in [2.05, 4.69) is 4.98 Å². The van der Waals surface area contributed by atoms with Crippen LogP contribution in [0.3, 0.4) is 0 Å². The van der Waals surface area contributed by atoms with Crippen LogP contribution in [0.2, 0.25) is 0 Å². The zero-order chi connectivity index (χ0) is 16.4. The summed E-state index contributed by atoms with van der Waals surface area (Å²) in [6, 6.07) is 9.47.